The molecule has 0 atom stereocenters. The van der Waals surface area contributed by atoms with Gasteiger partial charge in [0.15, 0.2) is 11.4 Å². The second-order valence-corrected chi connectivity index (χ2v) is 10.2. The van der Waals surface area contributed by atoms with E-state index in [1.807, 2.05) is 12.3 Å². The molecule has 2 aliphatic rings. The number of ether oxygens (including phenoxy) is 1. The van der Waals surface area contributed by atoms with Crippen LogP contribution < -0.4 is 15.0 Å². The van der Waals surface area contributed by atoms with E-state index in [4.69, 9.17) is 14.8 Å². The number of hydrogen-bond acceptors (Lipinski definition) is 8. The third-order valence-corrected chi connectivity index (χ3v) is 7.77. The highest BCUT2D eigenvalue weighted by Gasteiger charge is 2.48. The van der Waals surface area contributed by atoms with Crippen LogP contribution in [-0.4, -0.2) is 63.1 Å². The average Bonchev–Trinajstić information content (AvgIpc) is 3.42. The van der Waals surface area contributed by atoms with Gasteiger partial charge in [-0.3, -0.25) is 5.10 Å². The molecule has 0 aliphatic carbocycles. The number of aromatic amines is 1. The fourth-order valence-electron chi connectivity index (χ4n) is 4.87. The van der Waals surface area contributed by atoms with Crippen molar-refractivity contribution in [3.63, 3.8) is 0 Å². The molecule has 0 unspecified atom stereocenters. The highest BCUT2D eigenvalue weighted by molar-refractivity contribution is 7.19. The molecule has 0 saturated carbocycles. The molecule has 6 heterocycles. The molecule has 10 heteroatoms. The molecule has 0 amide bonds. The molecule has 0 aromatic carbocycles. The monoisotopic (exact) mass is 450 g/mol. The third kappa shape index (κ3) is 2.86. The van der Waals surface area contributed by atoms with Gasteiger partial charge in [-0.25, -0.2) is 14.5 Å². The number of nitrogens with zero attached hydrogens (tertiary/aromatic N) is 6. The summed E-state index contributed by atoms with van der Waals surface area (Å²) >= 11 is 1.74. The van der Waals surface area contributed by atoms with E-state index in [1.165, 1.54) is 11.3 Å². The Morgan fingerprint density at radius 2 is 2.06 bits per heavy atom. The minimum Gasteiger partial charge on any atom is -0.493 e. The summed E-state index contributed by atoms with van der Waals surface area (Å²) in [5.41, 5.74) is 6.25. The van der Waals surface area contributed by atoms with Crippen molar-refractivity contribution >= 4 is 22.0 Å². The van der Waals surface area contributed by atoms with Crippen molar-refractivity contribution in [2.45, 2.75) is 26.7 Å². The van der Waals surface area contributed by atoms with Gasteiger partial charge in [-0.1, -0.05) is 25.2 Å². The normalized spacial score (nSPS) is 17.2. The lowest BCUT2D eigenvalue weighted by molar-refractivity contribution is 0.122. The van der Waals surface area contributed by atoms with Crippen LogP contribution >= 0.6 is 11.3 Å². The molecule has 166 valence electrons. The van der Waals surface area contributed by atoms with Gasteiger partial charge < -0.3 is 15.0 Å². The Morgan fingerprint density at radius 1 is 1.25 bits per heavy atom. The summed E-state index contributed by atoms with van der Waals surface area (Å²) in [4.78, 5) is 11.7. The quantitative estimate of drug-likeness (QED) is 0.482. The number of aryl methyl sites for hydroxylation is 1. The second kappa shape index (κ2) is 7.01. The van der Waals surface area contributed by atoms with Crippen LogP contribution in [0.4, 0.5) is 5.00 Å². The largest absolute Gasteiger partial charge is 0.493 e. The lowest BCUT2D eigenvalue weighted by Crippen LogP contribution is -2.71. The van der Waals surface area contributed by atoms with Gasteiger partial charge in [0.1, 0.15) is 22.0 Å². The van der Waals surface area contributed by atoms with E-state index in [9.17, 15) is 0 Å². The molecular formula is C22H26N8OS. The first-order chi connectivity index (χ1) is 15.5. The van der Waals surface area contributed by atoms with Crippen LogP contribution in [0.15, 0.2) is 18.6 Å². The number of anilines is 1. The fourth-order valence-corrected chi connectivity index (χ4v) is 5.94. The molecule has 9 nitrogen and oxygen atoms in total. The van der Waals surface area contributed by atoms with E-state index < -0.39 is 0 Å². The smallest absolute Gasteiger partial charge is 0.197 e. The summed E-state index contributed by atoms with van der Waals surface area (Å²) in [5, 5.41) is 17.9. The topological polar surface area (TPSA) is 96.3 Å². The van der Waals surface area contributed by atoms with Crippen molar-refractivity contribution in [3.8, 4) is 27.7 Å². The summed E-state index contributed by atoms with van der Waals surface area (Å²) in [7, 11) is 1.65. The van der Waals surface area contributed by atoms with Crippen molar-refractivity contribution in [1.82, 2.24) is 35.1 Å². The number of H-pyrrole nitrogens is 1. The fraction of sp³-hybridized carbons (Fsp3) is 0.455. The van der Waals surface area contributed by atoms with Gasteiger partial charge in [0.2, 0.25) is 0 Å². The van der Waals surface area contributed by atoms with E-state index >= 15 is 0 Å². The summed E-state index contributed by atoms with van der Waals surface area (Å²) in [6.45, 7) is 11.0. The van der Waals surface area contributed by atoms with E-state index in [2.05, 4.69) is 46.2 Å². The lowest BCUT2D eigenvalue weighted by Gasteiger charge is -2.56. The molecule has 32 heavy (non-hydrogen) atoms. The summed E-state index contributed by atoms with van der Waals surface area (Å²) in [5.74, 6) is 0.938. The Kier molecular flexibility index (Phi) is 4.31. The number of nitrogens with one attached hydrogen (secondary N) is 2. The molecule has 2 aliphatic heterocycles. The molecule has 2 fully saturated rings. The molecular weight excluding hydrogens is 424 g/mol. The van der Waals surface area contributed by atoms with Gasteiger partial charge in [-0.05, 0) is 18.9 Å². The van der Waals surface area contributed by atoms with Gasteiger partial charge >= 0.3 is 0 Å². The van der Waals surface area contributed by atoms with Crippen molar-refractivity contribution < 1.29 is 4.74 Å². The molecule has 2 saturated heterocycles. The Balaban J connectivity index is 1.40. The van der Waals surface area contributed by atoms with Crippen molar-refractivity contribution in [3.05, 3.63) is 29.8 Å². The maximum atomic E-state index is 5.56. The van der Waals surface area contributed by atoms with Crippen LogP contribution in [0.2, 0.25) is 0 Å². The van der Waals surface area contributed by atoms with Gasteiger partial charge in [0, 0.05) is 48.9 Å². The van der Waals surface area contributed by atoms with Gasteiger partial charge in [-0.2, -0.15) is 10.2 Å². The highest BCUT2D eigenvalue weighted by Crippen LogP contribution is 2.45. The Morgan fingerprint density at radius 3 is 2.75 bits per heavy atom. The maximum Gasteiger partial charge on any atom is 0.197 e. The summed E-state index contributed by atoms with van der Waals surface area (Å²) < 4.78 is 7.29. The number of methoxy groups -OCH3 is 1. The first kappa shape index (κ1) is 19.7. The van der Waals surface area contributed by atoms with E-state index in [0.717, 1.165) is 59.4 Å². The van der Waals surface area contributed by atoms with Crippen molar-refractivity contribution in [2.24, 2.45) is 5.41 Å². The number of pyridine rings is 1. The number of rotatable bonds is 5. The average molecular weight is 451 g/mol. The number of fused-ring (bicyclic) bond motifs is 1. The minimum atomic E-state index is 0.261. The standard InChI is InChI=1S/C22H26N8OS/c1-12(2)16-17(14-5-15(31-4)19-24-11-25-30(19)6-14)27-28-18(16)20-26-13(3)21(32-20)29-9-22(10-29)7-23-8-22/h5-6,11-12,23H,7-10H2,1-4H3,(H,27,28). The number of thiazole rings is 1. The minimum absolute atomic E-state index is 0.261. The van der Waals surface area contributed by atoms with E-state index in [1.54, 1.807) is 23.0 Å². The van der Waals surface area contributed by atoms with Gasteiger partial charge in [0.25, 0.3) is 0 Å². The van der Waals surface area contributed by atoms with Gasteiger partial charge in [-0.15, -0.1) is 0 Å². The van der Waals surface area contributed by atoms with Crippen LogP contribution in [-0.2, 0) is 0 Å². The predicted molar refractivity (Wildman–Crippen MR) is 125 cm³/mol. The molecule has 4 aromatic heterocycles. The SMILES string of the molecule is COc1cc(-c2[nH]nc(-c3nc(C)c(N4CC5(CNC5)C4)s3)c2C(C)C)cn2ncnc12. The summed E-state index contributed by atoms with van der Waals surface area (Å²) in [6, 6.07) is 1.98. The molecule has 2 N–H and O–H groups in total. The summed E-state index contributed by atoms with van der Waals surface area (Å²) in [6.07, 6.45) is 3.49. The molecule has 6 rings (SSSR count). The van der Waals surface area contributed by atoms with E-state index in [-0.39, 0.29) is 5.92 Å². The Hall–Kier alpha value is -2.98. The molecule has 1 spiro atoms. The van der Waals surface area contributed by atoms with E-state index in [0.29, 0.717) is 16.8 Å². The zero-order valence-electron chi connectivity index (χ0n) is 18.6. The van der Waals surface area contributed by atoms with Crippen molar-refractivity contribution in [1.29, 1.82) is 0 Å². The lowest BCUT2D eigenvalue weighted by atomic mass is 9.74. The first-order valence-corrected chi connectivity index (χ1v) is 11.7. The Bertz CT molecular complexity index is 1310. The van der Waals surface area contributed by atoms with Crippen molar-refractivity contribution in [2.75, 3.05) is 38.2 Å². The van der Waals surface area contributed by atoms with Crippen LogP contribution in [0.3, 0.4) is 0 Å². The predicted octanol–water partition coefficient (Wildman–Crippen LogP) is 3.09. The highest BCUT2D eigenvalue weighted by atomic mass is 32.1. The number of aromatic nitrogens is 6. The molecule has 4 aromatic rings. The van der Waals surface area contributed by atoms with Crippen LogP contribution in [0.1, 0.15) is 31.0 Å². The van der Waals surface area contributed by atoms with Crippen LogP contribution in [0.25, 0.3) is 27.6 Å². The molecule has 0 radical (unpaired) electrons. The van der Waals surface area contributed by atoms with Crippen LogP contribution in [0, 0.1) is 12.3 Å². The Labute approximate surface area is 189 Å². The zero-order valence-corrected chi connectivity index (χ0v) is 19.5. The first-order valence-electron chi connectivity index (χ1n) is 10.9. The number of hydrogen-bond donors (Lipinski definition) is 2. The second-order valence-electron chi connectivity index (χ2n) is 9.21. The van der Waals surface area contributed by atoms with Gasteiger partial charge in [0.05, 0.1) is 18.5 Å². The zero-order chi connectivity index (χ0) is 22.0. The molecule has 0 bridgehead atoms. The van der Waals surface area contributed by atoms with Crippen LogP contribution in [0.5, 0.6) is 5.75 Å². The maximum absolute atomic E-state index is 5.56. The third-order valence-electron chi connectivity index (χ3n) is 6.55.